The van der Waals surface area contributed by atoms with E-state index in [2.05, 4.69) is 20.5 Å². The van der Waals surface area contributed by atoms with Crippen molar-refractivity contribution in [3.05, 3.63) is 71.4 Å². The van der Waals surface area contributed by atoms with Gasteiger partial charge in [0.05, 0.1) is 11.6 Å². The fourth-order valence-electron chi connectivity index (χ4n) is 6.83. The number of aliphatic imine (C=N–C) groups is 1. The van der Waals surface area contributed by atoms with Crippen LogP contribution in [-0.2, 0) is 4.79 Å². The van der Waals surface area contributed by atoms with E-state index in [9.17, 15) is 14.0 Å². The maximum atomic E-state index is 13.8. The molecule has 3 fully saturated rings. The number of aromatic amines is 1. The number of rotatable bonds is 6. The molecule has 8 heteroatoms. The lowest BCUT2D eigenvalue weighted by atomic mass is 9.63. The zero-order chi connectivity index (χ0) is 27.3. The van der Waals surface area contributed by atoms with Crippen LogP contribution >= 0.6 is 0 Å². The van der Waals surface area contributed by atoms with E-state index in [0.29, 0.717) is 41.7 Å². The summed E-state index contributed by atoms with van der Waals surface area (Å²) in [6.07, 6.45) is 13.7. The second-order valence-electron chi connectivity index (χ2n) is 12.0. The Hall–Kier alpha value is -3.94. The lowest BCUT2D eigenvalue weighted by Crippen LogP contribution is -2.43. The predicted molar refractivity (Wildman–Crippen MR) is 151 cm³/mol. The monoisotopic (exact) mass is 537 g/mol. The Bertz CT molecular complexity index is 1530. The number of hydrogen-bond donors (Lipinski definition) is 2. The number of carbonyl (C=O) groups excluding carboxylic acids is 2. The molecule has 7 nitrogen and oxygen atoms in total. The zero-order valence-corrected chi connectivity index (χ0v) is 22.3. The van der Waals surface area contributed by atoms with E-state index in [-0.39, 0.29) is 28.8 Å². The van der Waals surface area contributed by atoms with Gasteiger partial charge in [-0.2, -0.15) is 5.10 Å². The van der Waals surface area contributed by atoms with Crippen molar-refractivity contribution in [3.8, 4) is 11.1 Å². The van der Waals surface area contributed by atoms with Crippen LogP contribution in [0.2, 0.25) is 0 Å². The van der Waals surface area contributed by atoms with Gasteiger partial charge in [0.15, 0.2) is 5.82 Å². The normalized spacial score (nSPS) is 23.2. The van der Waals surface area contributed by atoms with Crippen molar-refractivity contribution in [2.24, 2.45) is 22.2 Å². The molecule has 1 aromatic carbocycles. The van der Waals surface area contributed by atoms with Crippen LogP contribution in [0.1, 0.15) is 79.0 Å². The quantitative estimate of drug-likeness (QED) is 0.393. The Balaban J connectivity index is 1.22. The highest BCUT2D eigenvalue weighted by atomic mass is 19.1. The SMILES string of the molecule is O=C(NCC1CC1)c1[nH]nc2c1C(/C=C/c1ccc(-c3cccc(F)c3)cn1)C1C(=O)CC3(CCCC3)CC1=N2. The molecule has 3 aromatic rings. The Morgan fingerprint density at radius 1 is 1.12 bits per heavy atom. The van der Waals surface area contributed by atoms with Crippen LogP contribution in [0.25, 0.3) is 17.2 Å². The summed E-state index contributed by atoms with van der Waals surface area (Å²) in [6.45, 7) is 0.647. The molecule has 7 rings (SSSR count). The highest BCUT2D eigenvalue weighted by Gasteiger charge is 2.50. The molecular weight excluding hydrogens is 505 g/mol. The molecule has 3 saturated carbocycles. The molecule has 3 heterocycles. The van der Waals surface area contributed by atoms with Gasteiger partial charge in [0.1, 0.15) is 17.3 Å². The molecule has 0 bridgehead atoms. The Morgan fingerprint density at radius 3 is 2.73 bits per heavy atom. The number of aromatic nitrogens is 3. The predicted octanol–water partition coefficient (Wildman–Crippen LogP) is 6.17. The Morgan fingerprint density at radius 2 is 1.98 bits per heavy atom. The summed E-state index contributed by atoms with van der Waals surface area (Å²) in [5, 5.41) is 10.4. The smallest absolute Gasteiger partial charge is 0.269 e. The van der Waals surface area contributed by atoms with Gasteiger partial charge in [0, 0.05) is 41.9 Å². The molecule has 40 heavy (non-hydrogen) atoms. The maximum absolute atomic E-state index is 13.8. The van der Waals surface area contributed by atoms with Gasteiger partial charge in [-0.25, -0.2) is 9.38 Å². The summed E-state index contributed by atoms with van der Waals surface area (Å²) in [7, 11) is 0. The van der Waals surface area contributed by atoms with Gasteiger partial charge in [-0.05, 0) is 73.3 Å². The molecule has 1 spiro atoms. The van der Waals surface area contributed by atoms with Gasteiger partial charge in [-0.15, -0.1) is 0 Å². The summed E-state index contributed by atoms with van der Waals surface area (Å²) in [5.74, 6) is -0.00621. The van der Waals surface area contributed by atoms with E-state index in [0.717, 1.165) is 61.8 Å². The second kappa shape index (κ2) is 9.91. The molecule has 204 valence electrons. The second-order valence-corrected chi connectivity index (χ2v) is 12.0. The molecule has 1 aliphatic heterocycles. The first-order chi connectivity index (χ1) is 19.5. The molecule has 3 aliphatic carbocycles. The molecule has 2 N–H and O–H groups in total. The third kappa shape index (κ3) is 4.69. The van der Waals surface area contributed by atoms with Gasteiger partial charge in [0.25, 0.3) is 5.91 Å². The Kier molecular flexibility index (Phi) is 6.21. The number of Topliss-reactive ketones (excluding diaryl/α,β-unsaturated/α-hetero) is 1. The van der Waals surface area contributed by atoms with Gasteiger partial charge in [-0.1, -0.05) is 37.1 Å². The van der Waals surface area contributed by atoms with E-state index in [1.165, 1.54) is 12.1 Å². The number of carbonyl (C=O) groups is 2. The largest absolute Gasteiger partial charge is 0.350 e. The van der Waals surface area contributed by atoms with Crippen LogP contribution in [-0.4, -0.2) is 39.1 Å². The minimum absolute atomic E-state index is 0.0211. The van der Waals surface area contributed by atoms with Gasteiger partial charge < -0.3 is 5.32 Å². The van der Waals surface area contributed by atoms with Crippen molar-refractivity contribution < 1.29 is 14.0 Å². The number of allylic oxidation sites excluding steroid dienone is 1. The average Bonchev–Trinajstić information content (AvgIpc) is 3.53. The van der Waals surface area contributed by atoms with Crippen molar-refractivity contribution in [2.45, 2.75) is 57.3 Å². The molecule has 4 aliphatic rings. The average molecular weight is 538 g/mol. The number of halogens is 1. The molecule has 2 unspecified atom stereocenters. The van der Waals surface area contributed by atoms with Gasteiger partial charge in [0.2, 0.25) is 0 Å². The lowest BCUT2D eigenvalue weighted by Gasteiger charge is -2.41. The van der Waals surface area contributed by atoms with Crippen LogP contribution in [0.4, 0.5) is 10.2 Å². The molecular formula is C32H32FN5O2. The number of amides is 1. The van der Waals surface area contributed by atoms with Crippen molar-refractivity contribution in [1.82, 2.24) is 20.5 Å². The van der Waals surface area contributed by atoms with E-state index >= 15 is 0 Å². The molecule has 0 saturated heterocycles. The highest BCUT2D eigenvalue weighted by molar-refractivity contribution is 6.11. The lowest BCUT2D eigenvalue weighted by molar-refractivity contribution is -0.124. The van der Waals surface area contributed by atoms with E-state index in [1.807, 2.05) is 30.4 Å². The first kappa shape index (κ1) is 25.1. The number of nitrogens with one attached hydrogen (secondary N) is 2. The van der Waals surface area contributed by atoms with E-state index < -0.39 is 5.92 Å². The summed E-state index contributed by atoms with van der Waals surface area (Å²) >= 11 is 0. The van der Waals surface area contributed by atoms with Gasteiger partial charge >= 0.3 is 0 Å². The Labute approximate surface area is 232 Å². The summed E-state index contributed by atoms with van der Waals surface area (Å²) in [6, 6.07) is 10.2. The first-order valence-electron chi connectivity index (χ1n) is 14.3. The van der Waals surface area contributed by atoms with Gasteiger partial charge in [-0.3, -0.25) is 19.7 Å². The van der Waals surface area contributed by atoms with Crippen LogP contribution < -0.4 is 5.32 Å². The van der Waals surface area contributed by atoms with Crippen molar-refractivity contribution in [3.63, 3.8) is 0 Å². The third-order valence-corrected chi connectivity index (χ3v) is 9.10. The number of ketones is 1. The zero-order valence-electron chi connectivity index (χ0n) is 22.3. The third-order valence-electron chi connectivity index (χ3n) is 9.10. The number of fused-ring (bicyclic) bond motifs is 2. The summed E-state index contributed by atoms with van der Waals surface area (Å²) in [4.78, 5) is 36.5. The first-order valence-corrected chi connectivity index (χ1v) is 14.3. The standard InChI is InChI=1S/C32H32FN5O2/c33-22-5-3-4-20(14-22)21-8-9-23(34-18-21)10-11-24-27-25(15-32(16-26(27)39)12-1-2-13-32)36-30-28(24)29(37-38-30)31(40)35-17-19-6-7-19/h3-5,8-11,14,18-19,24,27H,1-2,6-7,12-13,15-17H2,(H,35,40)(H,37,38)/b11-10+. The van der Waals surface area contributed by atoms with Crippen molar-refractivity contribution in [1.29, 1.82) is 0 Å². The minimum Gasteiger partial charge on any atom is -0.350 e. The molecule has 2 atom stereocenters. The number of H-pyrrole nitrogens is 1. The van der Waals surface area contributed by atoms with E-state index in [4.69, 9.17) is 4.99 Å². The fraction of sp³-hybridized carbons (Fsp3) is 0.406. The maximum Gasteiger partial charge on any atom is 0.269 e. The summed E-state index contributed by atoms with van der Waals surface area (Å²) < 4.78 is 13.7. The molecule has 1 amide bonds. The fourth-order valence-corrected chi connectivity index (χ4v) is 6.83. The minimum atomic E-state index is -0.408. The number of nitrogens with zero attached hydrogens (tertiary/aromatic N) is 3. The van der Waals surface area contributed by atoms with Crippen LogP contribution in [0.5, 0.6) is 0 Å². The molecule has 2 aromatic heterocycles. The number of benzene rings is 1. The van der Waals surface area contributed by atoms with Crippen LogP contribution in [0.15, 0.2) is 53.7 Å². The highest BCUT2D eigenvalue weighted by Crippen LogP contribution is 2.53. The molecule has 0 radical (unpaired) electrons. The van der Waals surface area contributed by atoms with E-state index in [1.54, 1.807) is 12.3 Å². The van der Waals surface area contributed by atoms with Crippen LogP contribution in [0.3, 0.4) is 0 Å². The van der Waals surface area contributed by atoms with Crippen LogP contribution in [0, 0.1) is 23.1 Å². The summed E-state index contributed by atoms with van der Waals surface area (Å²) in [5.41, 5.74) is 4.28. The number of pyridine rings is 1. The topological polar surface area (TPSA) is 100 Å². The van der Waals surface area contributed by atoms with Crippen molar-refractivity contribution >= 4 is 29.3 Å². The number of hydrogen-bond acceptors (Lipinski definition) is 5. The van der Waals surface area contributed by atoms with Crippen molar-refractivity contribution in [2.75, 3.05) is 6.54 Å².